The maximum atomic E-state index is 13.0. The Labute approximate surface area is 503 Å². The van der Waals surface area contributed by atoms with Crippen LogP contribution in [-0.2, 0) is 28.6 Å². The van der Waals surface area contributed by atoms with E-state index < -0.39 is 6.10 Å². The van der Waals surface area contributed by atoms with Crippen molar-refractivity contribution in [1.82, 2.24) is 0 Å². The van der Waals surface area contributed by atoms with E-state index in [1.807, 2.05) is 0 Å². The minimum absolute atomic E-state index is 0.0775. The lowest BCUT2D eigenvalue weighted by Gasteiger charge is -2.18. The van der Waals surface area contributed by atoms with Crippen molar-refractivity contribution in [3.05, 3.63) is 85.1 Å². The van der Waals surface area contributed by atoms with E-state index in [2.05, 4.69) is 106 Å². The van der Waals surface area contributed by atoms with Gasteiger partial charge >= 0.3 is 17.9 Å². The minimum atomic E-state index is -0.782. The van der Waals surface area contributed by atoms with Crippen molar-refractivity contribution in [3.63, 3.8) is 0 Å². The lowest BCUT2D eigenvalue weighted by atomic mass is 10.0. The Balaban J connectivity index is 4.33. The quantitative estimate of drug-likeness (QED) is 0.0261. The maximum absolute atomic E-state index is 13.0. The highest BCUT2D eigenvalue weighted by molar-refractivity contribution is 5.71. The average Bonchev–Trinajstić information content (AvgIpc) is 3.47. The lowest BCUT2D eigenvalue weighted by molar-refractivity contribution is -0.167. The molecule has 0 spiro atoms. The van der Waals surface area contributed by atoms with E-state index in [1.54, 1.807) is 0 Å². The van der Waals surface area contributed by atoms with Gasteiger partial charge in [0.15, 0.2) is 6.10 Å². The van der Waals surface area contributed by atoms with Crippen LogP contribution in [0.4, 0.5) is 0 Å². The van der Waals surface area contributed by atoms with Crippen LogP contribution in [0.5, 0.6) is 0 Å². The van der Waals surface area contributed by atoms with Gasteiger partial charge in [-0.25, -0.2) is 0 Å². The van der Waals surface area contributed by atoms with Gasteiger partial charge in [0.05, 0.1) is 0 Å². The zero-order valence-corrected chi connectivity index (χ0v) is 53.8. The molecule has 0 saturated carbocycles. The Bertz CT molecular complexity index is 1530. The van der Waals surface area contributed by atoms with Gasteiger partial charge in [-0.1, -0.05) is 305 Å². The fourth-order valence-corrected chi connectivity index (χ4v) is 10.1. The summed E-state index contributed by atoms with van der Waals surface area (Å²) >= 11 is 0. The highest BCUT2D eigenvalue weighted by atomic mass is 16.6. The second kappa shape index (κ2) is 69.1. The first kappa shape index (κ1) is 77.6. The maximum Gasteiger partial charge on any atom is 0.306 e. The van der Waals surface area contributed by atoms with Gasteiger partial charge in [0.2, 0.25) is 0 Å². The number of unbranched alkanes of at least 4 members (excludes halogenated alkanes) is 39. The predicted octanol–water partition coefficient (Wildman–Crippen LogP) is 24.2. The molecule has 0 bridgehead atoms. The molecule has 0 aliphatic heterocycles. The first-order valence-corrected chi connectivity index (χ1v) is 35.1. The van der Waals surface area contributed by atoms with Crippen LogP contribution in [0.2, 0.25) is 0 Å². The molecule has 0 heterocycles. The zero-order valence-electron chi connectivity index (χ0n) is 53.8. The molecule has 1 unspecified atom stereocenters. The molecule has 6 heteroatoms. The van der Waals surface area contributed by atoms with E-state index in [1.165, 1.54) is 225 Å². The van der Waals surface area contributed by atoms with Crippen molar-refractivity contribution in [1.29, 1.82) is 0 Å². The highest BCUT2D eigenvalue weighted by Gasteiger charge is 2.19. The number of hydrogen-bond donors (Lipinski definition) is 0. The molecule has 0 aromatic heterocycles. The molecule has 0 N–H and O–H groups in total. The van der Waals surface area contributed by atoms with E-state index in [0.29, 0.717) is 19.3 Å². The number of carbonyl (C=O) groups is 3. The third-order valence-corrected chi connectivity index (χ3v) is 15.4. The van der Waals surface area contributed by atoms with Crippen molar-refractivity contribution in [2.45, 2.75) is 361 Å². The highest BCUT2D eigenvalue weighted by Crippen LogP contribution is 2.17. The Morgan fingerprint density at radius 1 is 0.259 bits per heavy atom. The molecule has 6 nitrogen and oxygen atoms in total. The molecule has 0 saturated heterocycles. The van der Waals surface area contributed by atoms with E-state index in [9.17, 15) is 14.4 Å². The van der Waals surface area contributed by atoms with Crippen LogP contribution in [0.25, 0.3) is 0 Å². The van der Waals surface area contributed by atoms with Crippen molar-refractivity contribution in [3.8, 4) is 0 Å². The van der Waals surface area contributed by atoms with Gasteiger partial charge in [-0.2, -0.15) is 0 Å². The topological polar surface area (TPSA) is 78.9 Å². The summed E-state index contributed by atoms with van der Waals surface area (Å²) in [5.74, 6) is -0.868. The molecule has 1 atom stereocenters. The summed E-state index contributed by atoms with van der Waals surface area (Å²) in [5, 5.41) is 0. The van der Waals surface area contributed by atoms with E-state index in [0.717, 1.165) is 89.9 Å². The van der Waals surface area contributed by atoms with Gasteiger partial charge in [0, 0.05) is 19.3 Å². The third-order valence-electron chi connectivity index (χ3n) is 15.4. The second-order valence-corrected chi connectivity index (χ2v) is 23.4. The monoisotopic (exact) mass is 1130 g/mol. The number of esters is 3. The van der Waals surface area contributed by atoms with Crippen LogP contribution < -0.4 is 0 Å². The standard InChI is InChI=1S/C75H132O6/c1-4-7-10-13-16-19-22-25-28-31-33-34-35-36-37-38-39-40-42-44-47-50-53-56-59-62-65-68-74(77)80-71-72(70-79-73(76)67-64-61-58-55-52-49-46-43-30-27-24-21-18-15-12-9-6-3)81-75(78)69-66-63-60-57-54-51-48-45-41-32-29-26-23-20-17-14-11-8-5-2/h7,10,16,19,25-30,33-34,36-37,72H,4-6,8-9,11-15,17-18,20-24,31-32,35,38-71H2,1-3H3/b10-7-,19-16-,28-25-,29-26-,30-27-,34-33-,37-36-. The average molecular weight is 1130 g/mol. The molecule has 0 amide bonds. The molecule has 0 rings (SSSR count). The van der Waals surface area contributed by atoms with Crippen LogP contribution in [0, 0.1) is 0 Å². The van der Waals surface area contributed by atoms with Crippen LogP contribution in [-0.4, -0.2) is 37.2 Å². The van der Waals surface area contributed by atoms with Crippen LogP contribution >= 0.6 is 0 Å². The summed E-state index contributed by atoms with van der Waals surface area (Å²) in [6.07, 6.45) is 91.7. The third kappa shape index (κ3) is 67.3. The van der Waals surface area contributed by atoms with Crippen molar-refractivity contribution in [2.75, 3.05) is 13.2 Å². The van der Waals surface area contributed by atoms with E-state index in [4.69, 9.17) is 14.2 Å². The minimum Gasteiger partial charge on any atom is -0.462 e. The molecule has 0 aromatic rings. The number of hydrogen-bond acceptors (Lipinski definition) is 6. The van der Waals surface area contributed by atoms with Gasteiger partial charge in [-0.3, -0.25) is 14.4 Å². The second-order valence-electron chi connectivity index (χ2n) is 23.4. The Morgan fingerprint density at radius 3 is 0.765 bits per heavy atom. The Hall–Kier alpha value is -3.41. The predicted molar refractivity (Wildman–Crippen MR) is 353 cm³/mol. The number of ether oxygens (including phenoxy) is 3. The summed E-state index contributed by atoms with van der Waals surface area (Å²) in [5.41, 5.74) is 0. The van der Waals surface area contributed by atoms with Crippen molar-refractivity contribution >= 4 is 17.9 Å². The smallest absolute Gasteiger partial charge is 0.306 e. The molecular weight excluding hydrogens is 997 g/mol. The molecule has 81 heavy (non-hydrogen) atoms. The van der Waals surface area contributed by atoms with Gasteiger partial charge < -0.3 is 14.2 Å². The number of carbonyl (C=O) groups excluding carboxylic acids is 3. The normalized spacial score (nSPS) is 12.6. The van der Waals surface area contributed by atoms with E-state index >= 15 is 0 Å². The molecule has 0 radical (unpaired) electrons. The summed E-state index contributed by atoms with van der Waals surface area (Å²) in [4.78, 5) is 38.5. The summed E-state index contributed by atoms with van der Waals surface area (Å²) in [7, 11) is 0. The van der Waals surface area contributed by atoms with Gasteiger partial charge in [-0.05, 0) is 116 Å². The van der Waals surface area contributed by atoms with Gasteiger partial charge in [0.1, 0.15) is 13.2 Å². The molecular formula is C75H132O6. The van der Waals surface area contributed by atoms with Crippen molar-refractivity contribution < 1.29 is 28.6 Å². The fraction of sp³-hybridized carbons (Fsp3) is 0.773. The zero-order chi connectivity index (χ0) is 58.5. The molecule has 0 aliphatic carbocycles. The molecule has 468 valence electrons. The van der Waals surface area contributed by atoms with Gasteiger partial charge in [-0.15, -0.1) is 0 Å². The number of rotatable bonds is 64. The molecule has 0 aliphatic rings. The Morgan fingerprint density at radius 2 is 0.481 bits per heavy atom. The summed E-state index contributed by atoms with van der Waals surface area (Å²) < 4.78 is 17.0. The van der Waals surface area contributed by atoms with Crippen molar-refractivity contribution in [2.24, 2.45) is 0 Å². The first-order valence-electron chi connectivity index (χ1n) is 35.1. The first-order chi connectivity index (χ1) is 40.0. The van der Waals surface area contributed by atoms with Crippen LogP contribution in [0.3, 0.4) is 0 Å². The summed E-state index contributed by atoms with van der Waals surface area (Å²) in [6.45, 7) is 6.56. The molecule has 0 aromatic carbocycles. The molecule has 0 fully saturated rings. The lowest BCUT2D eigenvalue weighted by Crippen LogP contribution is -2.30. The van der Waals surface area contributed by atoms with Gasteiger partial charge in [0.25, 0.3) is 0 Å². The number of allylic oxidation sites excluding steroid dienone is 14. The Kier molecular flexibility index (Phi) is 66.2. The largest absolute Gasteiger partial charge is 0.462 e. The van der Waals surface area contributed by atoms with Crippen LogP contribution in [0.15, 0.2) is 85.1 Å². The summed E-state index contributed by atoms with van der Waals surface area (Å²) in [6, 6.07) is 0. The van der Waals surface area contributed by atoms with E-state index in [-0.39, 0.29) is 31.1 Å². The SMILES string of the molecule is CC/C=C\C/C=C\C/C=C\C/C=C\C/C=C\CCCCCCCCCCCCCC(=O)OCC(COC(=O)CCCCCCCCC/C=C\CCCCCCCC)OC(=O)CCCCCCCCCCC/C=C\CCCCCCCC. The fourth-order valence-electron chi connectivity index (χ4n) is 10.1. The van der Waals surface area contributed by atoms with Crippen LogP contribution in [0.1, 0.15) is 355 Å².